The van der Waals surface area contributed by atoms with Crippen LogP contribution in [-0.2, 0) is 19.6 Å². The number of nitrogens with one attached hydrogen (secondary N) is 1. The van der Waals surface area contributed by atoms with E-state index < -0.39 is 22.0 Å². The third-order valence-electron chi connectivity index (χ3n) is 3.24. The van der Waals surface area contributed by atoms with Gasteiger partial charge in [0.2, 0.25) is 10.0 Å². The smallest absolute Gasteiger partial charge is 0.324 e. The predicted octanol–water partition coefficient (Wildman–Crippen LogP) is 1.42. The van der Waals surface area contributed by atoms with Crippen molar-refractivity contribution in [2.45, 2.75) is 31.2 Å². The quantitative estimate of drug-likeness (QED) is 0.802. The molecule has 21 heavy (non-hydrogen) atoms. The first-order chi connectivity index (χ1) is 9.85. The van der Waals surface area contributed by atoms with E-state index in [0.717, 1.165) is 0 Å². The molecule has 0 spiro atoms. The zero-order valence-electron chi connectivity index (χ0n) is 12.2. The molecule has 0 saturated carbocycles. The van der Waals surface area contributed by atoms with E-state index in [1.807, 2.05) is 13.0 Å². The molecule has 0 amide bonds. The molecule has 1 N–H and O–H groups in total. The average molecular weight is 310 g/mol. The van der Waals surface area contributed by atoms with Gasteiger partial charge in [-0.25, -0.2) is 8.42 Å². The van der Waals surface area contributed by atoms with Crippen LogP contribution in [0.2, 0.25) is 0 Å². The highest BCUT2D eigenvalue weighted by atomic mass is 32.2. The summed E-state index contributed by atoms with van der Waals surface area (Å²) < 4.78 is 31.6. The zero-order valence-corrected chi connectivity index (χ0v) is 13.0. The molecule has 0 unspecified atom stereocenters. The average Bonchev–Trinajstić information content (AvgIpc) is 2.51. The number of ether oxygens (including phenoxy) is 1. The second-order valence-electron chi connectivity index (χ2n) is 4.64. The van der Waals surface area contributed by atoms with Crippen molar-refractivity contribution in [3.8, 4) is 6.07 Å². The number of esters is 1. The Labute approximate surface area is 124 Å². The third kappa shape index (κ3) is 4.28. The normalized spacial score (nSPS) is 14.0. The van der Waals surface area contributed by atoms with Crippen molar-refractivity contribution in [1.82, 2.24) is 4.72 Å². The van der Waals surface area contributed by atoms with Gasteiger partial charge in [0.1, 0.15) is 6.04 Å². The van der Waals surface area contributed by atoms with E-state index in [1.54, 1.807) is 6.92 Å². The fourth-order valence-corrected chi connectivity index (χ4v) is 3.00. The van der Waals surface area contributed by atoms with Crippen LogP contribution in [0, 0.1) is 17.2 Å². The molecule has 0 aliphatic carbocycles. The maximum atomic E-state index is 12.3. The van der Waals surface area contributed by atoms with Gasteiger partial charge >= 0.3 is 5.97 Å². The molecule has 114 valence electrons. The van der Waals surface area contributed by atoms with Gasteiger partial charge < -0.3 is 4.74 Å². The molecule has 0 fully saturated rings. The number of nitriles is 1. The monoisotopic (exact) mass is 310 g/mol. The summed E-state index contributed by atoms with van der Waals surface area (Å²) in [5.74, 6) is -0.827. The van der Waals surface area contributed by atoms with Gasteiger partial charge in [-0.3, -0.25) is 4.79 Å². The lowest BCUT2D eigenvalue weighted by atomic mass is 10.0. The molecule has 7 heteroatoms. The van der Waals surface area contributed by atoms with E-state index in [0.29, 0.717) is 12.0 Å². The van der Waals surface area contributed by atoms with Crippen molar-refractivity contribution in [2.75, 3.05) is 7.11 Å². The number of methoxy groups -OCH3 is 1. The van der Waals surface area contributed by atoms with Crippen molar-refractivity contribution >= 4 is 16.0 Å². The first-order valence-electron chi connectivity index (χ1n) is 6.46. The Morgan fingerprint density at radius 1 is 1.38 bits per heavy atom. The molecular formula is C14H18N2O4S. The minimum Gasteiger partial charge on any atom is -0.468 e. The zero-order chi connectivity index (χ0) is 16.0. The summed E-state index contributed by atoms with van der Waals surface area (Å²) in [7, 11) is -2.64. The number of rotatable bonds is 6. The first kappa shape index (κ1) is 17.1. The van der Waals surface area contributed by atoms with Crippen LogP contribution in [0.4, 0.5) is 0 Å². The van der Waals surface area contributed by atoms with Gasteiger partial charge in [-0.05, 0) is 30.2 Å². The number of sulfonamides is 1. The third-order valence-corrected chi connectivity index (χ3v) is 4.70. The fourth-order valence-electron chi connectivity index (χ4n) is 1.70. The number of carbonyl (C=O) groups is 1. The van der Waals surface area contributed by atoms with Crippen LogP contribution >= 0.6 is 0 Å². The Morgan fingerprint density at radius 2 is 1.95 bits per heavy atom. The molecule has 0 aliphatic rings. The summed E-state index contributed by atoms with van der Waals surface area (Å²) in [4.78, 5) is 11.7. The molecule has 0 radical (unpaired) electrons. The van der Waals surface area contributed by atoms with E-state index >= 15 is 0 Å². The number of hydrogen-bond donors (Lipinski definition) is 1. The molecule has 1 aromatic rings. The standard InChI is InChI=1S/C14H18N2O4S/c1-4-10(2)13(14(17)20-3)16-21(18,19)12-7-5-11(9-15)6-8-12/h5-8,10,13,16H,4H2,1-3H3/t10-,13+/m1/s1. The summed E-state index contributed by atoms with van der Waals surface area (Å²) >= 11 is 0. The van der Waals surface area contributed by atoms with Crippen LogP contribution in [0.25, 0.3) is 0 Å². The molecule has 0 bridgehead atoms. The maximum absolute atomic E-state index is 12.3. The Hall–Kier alpha value is -1.91. The molecule has 0 aliphatic heterocycles. The topological polar surface area (TPSA) is 96.3 Å². The van der Waals surface area contributed by atoms with Gasteiger partial charge in [-0.1, -0.05) is 20.3 Å². The number of nitrogens with zero attached hydrogens (tertiary/aromatic N) is 1. The summed E-state index contributed by atoms with van der Waals surface area (Å²) in [6, 6.07) is 6.43. The molecule has 0 saturated heterocycles. The van der Waals surface area contributed by atoms with E-state index in [1.165, 1.54) is 31.4 Å². The number of carbonyl (C=O) groups excluding carboxylic acids is 1. The van der Waals surface area contributed by atoms with Crippen LogP contribution in [0.3, 0.4) is 0 Å². The number of hydrogen-bond acceptors (Lipinski definition) is 5. The van der Waals surface area contributed by atoms with Crippen molar-refractivity contribution in [3.05, 3.63) is 29.8 Å². The Balaban J connectivity index is 3.05. The van der Waals surface area contributed by atoms with Gasteiger partial charge in [-0.2, -0.15) is 9.98 Å². The lowest BCUT2D eigenvalue weighted by molar-refractivity contribution is -0.143. The Kier molecular flexibility index (Phi) is 5.88. The second kappa shape index (κ2) is 7.20. The lowest BCUT2D eigenvalue weighted by Crippen LogP contribution is -2.45. The van der Waals surface area contributed by atoms with Crippen molar-refractivity contribution in [2.24, 2.45) is 5.92 Å². The van der Waals surface area contributed by atoms with Crippen LogP contribution in [0.5, 0.6) is 0 Å². The Morgan fingerprint density at radius 3 is 2.38 bits per heavy atom. The number of benzene rings is 1. The summed E-state index contributed by atoms with van der Waals surface area (Å²) in [6.45, 7) is 3.62. The van der Waals surface area contributed by atoms with E-state index in [9.17, 15) is 13.2 Å². The minimum atomic E-state index is -3.85. The van der Waals surface area contributed by atoms with Crippen LogP contribution < -0.4 is 4.72 Å². The van der Waals surface area contributed by atoms with Gasteiger partial charge in [0, 0.05) is 0 Å². The van der Waals surface area contributed by atoms with Crippen LogP contribution in [-0.4, -0.2) is 27.5 Å². The summed E-state index contributed by atoms with van der Waals surface area (Å²) in [6.07, 6.45) is 0.621. The Bertz CT molecular complexity index is 632. The van der Waals surface area contributed by atoms with Crippen molar-refractivity contribution < 1.29 is 17.9 Å². The first-order valence-corrected chi connectivity index (χ1v) is 7.94. The van der Waals surface area contributed by atoms with Gasteiger partial charge in [0.05, 0.1) is 23.6 Å². The van der Waals surface area contributed by atoms with Crippen LogP contribution in [0.1, 0.15) is 25.8 Å². The van der Waals surface area contributed by atoms with Gasteiger partial charge in [-0.15, -0.1) is 0 Å². The van der Waals surface area contributed by atoms with Gasteiger partial charge in [0.15, 0.2) is 0 Å². The second-order valence-corrected chi connectivity index (χ2v) is 6.36. The molecule has 0 heterocycles. The van der Waals surface area contributed by atoms with E-state index in [-0.39, 0.29) is 10.8 Å². The predicted molar refractivity (Wildman–Crippen MR) is 76.7 cm³/mol. The minimum absolute atomic E-state index is 0.00120. The largest absolute Gasteiger partial charge is 0.468 e. The highest BCUT2D eigenvalue weighted by molar-refractivity contribution is 7.89. The molecular weight excluding hydrogens is 292 g/mol. The molecule has 1 aromatic carbocycles. The van der Waals surface area contributed by atoms with Crippen molar-refractivity contribution in [1.29, 1.82) is 5.26 Å². The summed E-state index contributed by atoms with van der Waals surface area (Å²) in [5, 5.41) is 8.71. The van der Waals surface area contributed by atoms with E-state index in [4.69, 9.17) is 5.26 Å². The molecule has 2 atom stereocenters. The van der Waals surface area contributed by atoms with Crippen molar-refractivity contribution in [3.63, 3.8) is 0 Å². The molecule has 0 aromatic heterocycles. The molecule has 1 rings (SSSR count). The van der Waals surface area contributed by atoms with Crippen LogP contribution in [0.15, 0.2) is 29.2 Å². The SMILES string of the molecule is CC[C@@H](C)[C@H](NS(=O)(=O)c1ccc(C#N)cc1)C(=O)OC. The lowest BCUT2D eigenvalue weighted by Gasteiger charge is -2.21. The molecule has 6 nitrogen and oxygen atoms in total. The van der Waals surface area contributed by atoms with E-state index in [2.05, 4.69) is 9.46 Å². The fraction of sp³-hybridized carbons (Fsp3) is 0.429. The highest BCUT2D eigenvalue weighted by Gasteiger charge is 2.30. The van der Waals surface area contributed by atoms with Gasteiger partial charge in [0.25, 0.3) is 0 Å². The highest BCUT2D eigenvalue weighted by Crippen LogP contribution is 2.15. The summed E-state index contributed by atoms with van der Waals surface area (Å²) in [5.41, 5.74) is 0.361. The maximum Gasteiger partial charge on any atom is 0.324 e.